The van der Waals surface area contributed by atoms with Crippen LogP contribution >= 0.6 is 0 Å². The number of hydrogen-bond donors (Lipinski definition) is 1. The lowest BCUT2D eigenvalue weighted by Gasteiger charge is -2.57. The highest BCUT2D eigenvalue weighted by Crippen LogP contribution is 2.42. The van der Waals surface area contributed by atoms with E-state index in [9.17, 15) is 13.5 Å². The summed E-state index contributed by atoms with van der Waals surface area (Å²) in [7, 11) is -2.07. The Balaban J connectivity index is 1.59. The van der Waals surface area contributed by atoms with Gasteiger partial charge in [-0.3, -0.25) is 4.90 Å². The molecule has 4 rings (SSSR count). The van der Waals surface area contributed by atoms with E-state index < -0.39 is 10.0 Å². The molecule has 2 aromatic carbocycles. The first kappa shape index (κ1) is 24.7. The smallest absolute Gasteiger partial charge is 0.243 e. The van der Waals surface area contributed by atoms with E-state index in [0.717, 1.165) is 30.5 Å². The van der Waals surface area contributed by atoms with Crippen LogP contribution in [0.2, 0.25) is 0 Å². The highest BCUT2D eigenvalue weighted by molar-refractivity contribution is 7.89. The van der Waals surface area contributed by atoms with Gasteiger partial charge in [-0.1, -0.05) is 37.8 Å². The average molecular weight is 483 g/mol. The zero-order chi connectivity index (χ0) is 24.3. The molecule has 2 heterocycles. The number of ether oxygens (including phenoxy) is 1. The zero-order valence-electron chi connectivity index (χ0n) is 20.1. The SMILES string of the molecule is COc1ccc(S(=O)(=O)N2CCCCN3[C@H](CO)[C@@H](c4ccc(C#CC(C)C)cc4)[C@@H]3C2)cc1. The van der Waals surface area contributed by atoms with E-state index in [1.165, 1.54) is 0 Å². The molecular formula is C27H34N2O4S. The van der Waals surface area contributed by atoms with Crippen LogP contribution in [0.1, 0.15) is 43.7 Å². The van der Waals surface area contributed by atoms with Crippen molar-refractivity contribution >= 4 is 10.0 Å². The summed E-state index contributed by atoms with van der Waals surface area (Å²) >= 11 is 0. The van der Waals surface area contributed by atoms with Crippen molar-refractivity contribution in [3.63, 3.8) is 0 Å². The normalized spacial score (nSPS) is 23.7. The maximum atomic E-state index is 13.5. The molecule has 2 aliphatic rings. The van der Waals surface area contributed by atoms with Gasteiger partial charge in [-0.05, 0) is 61.3 Å². The molecule has 6 nitrogen and oxygen atoms in total. The molecule has 2 saturated heterocycles. The van der Waals surface area contributed by atoms with Crippen LogP contribution in [0.4, 0.5) is 0 Å². The third-order valence-corrected chi connectivity index (χ3v) is 8.71. The molecule has 2 aromatic rings. The molecule has 2 aliphatic heterocycles. The Morgan fingerprint density at radius 2 is 1.74 bits per heavy atom. The van der Waals surface area contributed by atoms with Crippen molar-refractivity contribution in [2.45, 2.75) is 49.6 Å². The van der Waals surface area contributed by atoms with E-state index in [4.69, 9.17) is 4.74 Å². The van der Waals surface area contributed by atoms with Crippen molar-refractivity contribution in [2.75, 3.05) is 33.4 Å². The van der Waals surface area contributed by atoms with Gasteiger partial charge in [0.05, 0.1) is 18.6 Å². The Kier molecular flexibility index (Phi) is 7.63. The minimum absolute atomic E-state index is 0.00115. The first-order valence-corrected chi connectivity index (χ1v) is 13.4. The third kappa shape index (κ3) is 5.01. The van der Waals surface area contributed by atoms with Crippen LogP contribution in [0, 0.1) is 17.8 Å². The van der Waals surface area contributed by atoms with Crippen molar-refractivity contribution in [2.24, 2.45) is 5.92 Å². The lowest BCUT2D eigenvalue weighted by Crippen LogP contribution is -2.67. The molecule has 0 unspecified atom stereocenters. The van der Waals surface area contributed by atoms with Gasteiger partial charge in [-0.25, -0.2) is 8.42 Å². The van der Waals surface area contributed by atoms with Crippen LogP contribution in [-0.2, 0) is 10.0 Å². The lowest BCUT2D eigenvalue weighted by atomic mass is 9.74. The van der Waals surface area contributed by atoms with E-state index in [1.807, 2.05) is 12.1 Å². The average Bonchev–Trinajstić information content (AvgIpc) is 2.82. The van der Waals surface area contributed by atoms with Crippen molar-refractivity contribution in [3.8, 4) is 17.6 Å². The highest BCUT2D eigenvalue weighted by Gasteiger charge is 2.50. The van der Waals surface area contributed by atoms with Crippen LogP contribution in [-0.4, -0.2) is 68.2 Å². The molecule has 0 bridgehead atoms. The molecule has 0 amide bonds. The quantitative estimate of drug-likeness (QED) is 0.662. The number of hydrogen-bond acceptors (Lipinski definition) is 5. The van der Waals surface area contributed by atoms with E-state index in [-0.39, 0.29) is 29.5 Å². The Labute approximate surface area is 203 Å². The van der Waals surface area contributed by atoms with Crippen LogP contribution < -0.4 is 4.74 Å². The molecule has 0 saturated carbocycles. The molecule has 7 heteroatoms. The molecule has 34 heavy (non-hydrogen) atoms. The number of fused-ring (bicyclic) bond motifs is 1. The summed E-state index contributed by atoms with van der Waals surface area (Å²) in [5, 5.41) is 10.2. The van der Waals surface area contributed by atoms with Gasteiger partial charge >= 0.3 is 0 Å². The predicted octanol–water partition coefficient (Wildman–Crippen LogP) is 3.32. The van der Waals surface area contributed by atoms with Gasteiger partial charge in [0.1, 0.15) is 5.75 Å². The molecule has 2 fully saturated rings. The van der Waals surface area contributed by atoms with Gasteiger partial charge in [0.2, 0.25) is 10.0 Å². The first-order chi connectivity index (χ1) is 16.3. The number of methoxy groups -OCH3 is 1. The van der Waals surface area contributed by atoms with E-state index in [2.05, 4.69) is 42.7 Å². The van der Waals surface area contributed by atoms with E-state index in [1.54, 1.807) is 35.7 Å². The maximum Gasteiger partial charge on any atom is 0.243 e. The van der Waals surface area contributed by atoms with Crippen LogP contribution in [0.5, 0.6) is 5.75 Å². The minimum atomic E-state index is -3.63. The summed E-state index contributed by atoms with van der Waals surface area (Å²) in [6.07, 6.45) is 1.70. The summed E-state index contributed by atoms with van der Waals surface area (Å²) in [6.45, 7) is 5.97. The second-order valence-electron chi connectivity index (χ2n) is 9.37. The number of sulfonamides is 1. The van der Waals surface area contributed by atoms with Gasteiger partial charge in [0, 0.05) is 42.6 Å². The van der Waals surface area contributed by atoms with Crippen molar-refractivity contribution < 1.29 is 18.3 Å². The topological polar surface area (TPSA) is 70.1 Å². The first-order valence-electron chi connectivity index (χ1n) is 12.0. The van der Waals surface area contributed by atoms with Gasteiger partial charge in [-0.15, -0.1) is 0 Å². The van der Waals surface area contributed by atoms with E-state index in [0.29, 0.717) is 24.8 Å². The molecule has 0 spiro atoms. The number of benzene rings is 2. The number of aliphatic hydroxyl groups excluding tert-OH is 1. The summed E-state index contributed by atoms with van der Waals surface area (Å²) in [6, 6.07) is 14.8. The van der Waals surface area contributed by atoms with Gasteiger partial charge in [0.25, 0.3) is 0 Å². The molecule has 1 N–H and O–H groups in total. The zero-order valence-corrected chi connectivity index (χ0v) is 21.0. The fraction of sp³-hybridized carbons (Fsp3) is 0.481. The monoisotopic (exact) mass is 482 g/mol. The molecule has 3 atom stereocenters. The molecule has 0 aliphatic carbocycles. The van der Waals surface area contributed by atoms with Gasteiger partial charge in [-0.2, -0.15) is 4.31 Å². The number of aliphatic hydroxyl groups is 1. The summed E-state index contributed by atoms with van der Waals surface area (Å²) < 4.78 is 33.8. The Hall–Kier alpha value is -2.37. The lowest BCUT2D eigenvalue weighted by molar-refractivity contribution is -0.0553. The largest absolute Gasteiger partial charge is 0.497 e. The van der Waals surface area contributed by atoms with Crippen LogP contribution in [0.3, 0.4) is 0 Å². The van der Waals surface area contributed by atoms with Crippen LogP contribution in [0.15, 0.2) is 53.4 Å². The Bertz CT molecular complexity index is 1130. The molecule has 0 radical (unpaired) electrons. The van der Waals surface area contributed by atoms with Crippen molar-refractivity contribution in [1.82, 2.24) is 9.21 Å². The maximum absolute atomic E-state index is 13.5. The second kappa shape index (κ2) is 10.5. The Morgan fingerprint density at radius 1 is 1.06 bits per heavy atom. The van der Waals surface area contributed by atoms with Crippen molar-refractivity contribution in [1.29, 1.82) is 0 Å². The summed E-state index contributed by atoms with van der Waals surface area (Å²) in [5.41, 5.74) is 2.09. The summed E-state index contributed by atoms with van der Waals surface area (Å²) in [4.78, 5) is 2.57. The molecular weight excluding hydrogens is 448 g/mol. The molecule has 0 aromatic heterocycles. The van der Waals surface area contributed by atoms with Gasteiger partial charge in [0.15, 0.2) is 0 Å². The van der Waals surface area contributed by atoms with Crippen molar-refractivity contribution in [3.05, 3.63) is 59.7 Å². The highest BCUT2D eigenvalue weighted by atomic mass is 32.2. The fourth-order valence-electron chi connectivity index (χ4n) is 5.04. The predicted molar refractivity (Wildman–Crippen MR) is 133 cm³/mol. The number of nitrogens with zero attached hydrogens (tertiary/aromatic N) is 2. The fourth-order valence-corrected chi connectivity index (χ4v) is 6.54. The third-order valence-electron chi connectivity index (χ3n) is 6.83. The number of rotatable bonds is 5. The minimum Gasteiger partial charge on any atom is -0.497 e. The standard InChI is InChI=1S/C27H34N2O4S/c1-20(2)6-7-21-8-10-22(11-9-21)27-25-18-28(16-4-5-17-29(25)26(27)19-30)34(31,32)24-14-12-23(33-3)13-15-24/h8-15,20,25-27,30H,4-5,16-19H2,1-3H3/t25-,26+,27-/m0/s1. The summed E-state index contributed by atoms with van der Waals surface area (Å²) in [5.74, 6) is 7.39. The Morgan fingerprint density at radius 3 is 2.35 bits per heavy atom. The van der Waals surface area contributed by atoms with E-state index >= 15 is 0 Å². The van der Waals surface area contributed by atoms with Crippen LogP contribution in [0.25, 0.3) is 0 Å². The van der Waals surface area contributed by atoms with Gasteiger partial charge < -0.3 is 9.84 Å². The molecule has 182 valence electrons. The second-order valence-corrected chi connectivity index (χ2v) is 11.3.